The van der Waals surface area contributed by atoms with Crippen LogP contribution in [0.15, 0.2) is 24.3 Å². The molecular formula is C17H28N2O2. The number of nitrogens with one attached hydrogen (secondary N) is 1. The molecule has 2 rings (SSSR count). The van der Waals surface area contributed by atoms with Gasteiger partial charge in [-0.15, -0.1) is 0 Å². The molecule has 1 heterocycles. The number of aliphatic hydroxyl groups is 1. The number of nitrogens with zero attached hydrogens (tertiary/aromatic N) is 1. The van der Waals surface area contributed by atoms with Crippen molar-refractivity contribution < 1.29 is 9.84 Å². The van der Waals surface area contributed by atoms with E-state index in [1.165, 1.54) is 18.4 Å². The van der Waals surface area contributed by atoms with Crippen LogP contribution < -0.4 is 10.1 Å². The molecule has 0 aromatic heterocycles. The number of aliphatic hydroxyl groups excluding tert-OH is 1. The molecule has 0 amide bonds. The van der Waals surface area contributed by atoms with E-state index in [1.807, 2.05) is 18.2 Å². The van der Waals surface area contributed by atoms with Gasteiger partial charge in [0.15, 0.2) is 0 Å². The van der Waals surface area contributed by atoms with Gasteiger partial charge in [-0.05, 0) is 50.9 Å². The lowest BCUT2D eigenvalue weighted by Gasteiger charge is -2.22. The summed E-state index contributed by atoms with van der Waals surface area (Å²) in [4.78, 5) is 2.34. The number of benzene rings is 1. The highest BCUT2D eigenvalue weighted by molar-refractivity contribution is 5.33. The Balaban J connectivity index is 1.72. The number of ether oxygens (including phenoxy) is 1. The molecule has 0 radical (unpaired) electrons. The first-order valence-electron chi connectivity index (χ1n) is 7.94. The lowest BCUT2D eigenvalue weighted by Crippen LogP contribution is -2.40. The minimum atomic E-state index is -0.289. The Labute approximate surface area is 128 Å². The number of hydrogen-bond acceptors (Lipinski definition) is 4. The molecule has 4 heteroatoms. The highest BCUT2D eigenvalue weighted by Crippen LogP contribution is 2.18. The monoisotopic (exact) mass is 292 g/mol. The van der Waals surface area contributed by atoms with Gasteiger partial charge in [0, 0.05) is 19.1 Å². The topological polar surface area (TPSA) is 44.7 Å². The minimum Gasteiger partial charge on any atom is -0.496 e. The van der Waals surface area contributed by atoms with Crippen molar-refractivity contribution in [2.45, 2.75) is 38.3 Å². The average molecular weight is 292 g/mol. The zero-order valence-electron chi connectivity index (χ0n) is 13.2. The standard InChI is InChI=1S/C17H28N2O2/c1-14(11-15-7-3-4-8-17(15)21-2)18-12-16(20)13-19-9-5-6-10-19/h3-4,7-8,14,16,18,20H,5-6,9-13H2,1-2H3. The third-order valence-corrected chi connectivity index (χ3v) is 4.09. The van der Waals surface area contributed by atoms with Crippen molar-refractivity contribution >= 4 is 0 Å². The molecule has 1 aromatic carbocycles. The predicted molar refractivity (Wildman–Crippen MR) is 85.8 cm³/mol. The summed E-state index contributed by atoms with van der Waals surface area (Å²) in [6, 6.07) is 8.42. The maximum atomic E-state index is 10.1. The van der Waals surface area contributed by atoms with E-state index in [0.717, 1.165) is 31.8 Å². The van der Waals surface area contributed by atoms with Crippen LogP contribution in [0.5, 0.6) is 5.75 Å². The first kappa shape index (κ1) is 16.3. The first-order valence-corrected chi connectivity index (χ1v) is 7.94. The lowest BCUT2D eigenvalue weighted by molar-refractivity contribution is 0.121. The highest BCUT2D eigenvalue weighted by atomic mass is 16.5. The van der Waals surface area contributed by atoms with Gasteiger partial charge in [0.25, 0.3) is 0 Å². The van der Waals surface area contributed by atoms with Crippen molar-refractivity contribution in [3.63, 3.8) is 0 Å². The fraction of sp³-hybridized carbons (Fsp3) is 0.647. The number of methoxy groups -OCH3 is 1. The molecule has 2 N–H and O–H groups in total. The molecule has 2 atom stereocenters. The van der Waals surface area contributed by atoms with Crippen molar-refractivity contribution in [1.82, 2.24) is 10.2 Å². The maximum Gasteiger partial charge on any atom is 0.122 e. The van der Waals surface area contributed by atoms with E-state index in [4.69, 9.17) is 4.74 Å². The SMILES string of the molecule is COc1ccccc1CC(C)NCC(O)CN1CCCC1. The molecule has 21 heavy (non-hydrogen) atoms. The quantitative estimate of drug-likeness (QED) is 0.765. The largest absolute Gasteiger partial charge is 0.496 e. The Morgan fingerprint density at radius 3 is 2.71 bits per heavy atom. The van der Waals surface area contributed by atoms with Crippen molar-refractivity contribution in [3.8, 4) is 5.75 Å². The maximum absolute atomic E-state index is 10.1. The van der Waals surface area contributed by atoms with E-state index in [2.05, 4.69) is 23.2 Å². The van der Waals surface area contributed by atoms with E-state index >= 15 is 0 Å². The van der Waals surface area contributed by atoms with E-state index in [9.17, 15) is 5.11 Å². The van der Waals surface area contributed by atoms with Crippen LogP contribution in [0.1, 0.15) is 25.3 Å². The second-order valence-corrected chi connectivity index (χ2v) is 5.99. The second kappa shape index (κ2) is 8.37. The zero-order chi connectivity index (χ0) is 15.1. The molecule has 4 nitrogen and oxygen atoms in total. The average Bonchev–Trinajstić information content (AvgIpc) is 2.98. The van der Waals surface area contributed by atoms with Crippen LogP contribution in [-0.2, 0) is 6.42 Å². The van der Waals surface area contributed by atoms with Gasteiger partial charge >= 0.3 is 0 Å². The van der Waals surface area contributed by atoms with E-state index in [1.54, 1.807) is 7.11 Å². The highest BCUT2D eigenvalue weighted by Gasteiger charge is 2.16. The van der Waals surface area contributed by atoms with Gasteiger partial charge in [0.1, 0.15) is 5.75 Å². The van der Waals surface area contributed by atoms with Crippen LogP contribution in [-0.4, -0.2) is 55.4 Å². The van der Waals surface area contributed by atoms with Crippen molar-refractivity contribution in [3.05, 3.63) is 29.8 Å². The van der Waals surface area contributed by atoms with Crippen molar-refractivity contribution in [2.24, 2.45) is 0 Å². The molecule has 0 saturated carbocycles. The minimum absolute atomic E-state index is 0.289. The van der Waals surface area contributed by atoms with Crippen LogP contribution >= 0.6 is 0 Å². The summed E-state index contributed by atoms with van der Waals surface area (Å²) >= 11 is 0. The summed E-state index contributed by atoms with van der Waals surface area (Å²) in [5.41, 5.74) is 1.20. The van der Waals surface area contributed by atoms with Crippen LogP contribution in [0, 0.1) is 0 Å². The fourth-order valence-corrected chi connectivity index (χ4v) is 2.94. The smallest absolute Gasteiger partial charge is 0.122 e. The molecule has 0 aliphatic carbocycles. The molecule has 0 spiro atoms. The summed E-state index contributed by atoms with van der Waals surface area (Å²) in [5.74, 6) is 0.934. The molecule has 0 bridgehead atoms. The fourth-order valence-electron chi connectivity index (χ4n) is 2.94. The Morgan fingerprint density at radius 1 is 1.29 bits per heavy atom. The summed E-state index contributed by atoms with van der Waals surface area (Å²) < 4.78 is 5.38. The summed E-state index contributed by atoms with van der Waals surface area (Å²) in [6.07, 6.45) is 3.15. The Kier molecular flexibility index (Phi) is 6.49. The van der Waals surface area contributed by atoms with Crippen molar-refractivity contribution in [2.75, 3.05) is 33.3 Å². The number of β-amino-alcohol motifs (C(OH)–C–C–N with tert-alkyl or cyclic N) is 1. The normalized spacial score (nSPS) is 18.6. The first-order chi connectivity index (χ1) is 10.2. The predicted octanol–water partition coefficient (Wildman–Crippen LogP) is 1.67. The number of hydrogen-bond donors (Lipinski definition) is 2. The molecule has 1 aliphatic heterocycles. The summed E-state index contributed by atoms with van der Waals surface area (Å²) in [5, 5.41) is 13.5. The van der Waals surface area contributed by atoms with E-state index < -0.39 is 0 Å². The van der Waals surface area contributed by atoms with Gasteiger partial charge in [-0.1, -0.05) is 18.2 Å². The third kappa shape index (κ3) is 5.30. The lowest BCUT2D eigenvalue weighted by atomic mass is 10.1. The van der Waals surface area contributed by atoms with Crippen LogP contribution in [0.4, 0.5) is 0 Å². The van der Waals surface area contributed by atoms with E-state index in [0.29, 0.717) is 12.6 Å². The molecule has 1 saturated heterocycles. The Hall–Kier alpha value is -1.10. The van der Waals surface area contributed by atoms with Gasteiger partial charge in [-0.3, -0.25) is 0 Å². The molecular weight excluding hydrogens is 264 g/mol. The van der Waals surface area contributed by atoms with Gasteiger partial charge in [0.05, 0.1) is 13.2 Å². The molecule has 1 aliphatic rings. The number of rotatable bonds is 8. The molecule has 2 unspecified atom stereocenters. The number of likely N-dealkylation sites (tertiary alicyclic amines) is 1. The third-order valence-electron chi connectivity index (χ3n) is 4.09. The zero-order valence-corrected chi connectivity index (χ0v) is 13.2. The van der Waals surface area contributed by atoms with Gasteiger partial charge in [0.2, 0.25) is 0 Å². The van der Waals surface area contributed by atoms with Gasteiger partial charge in [-0.2, -0.15) is 0 Å². The van der Waals surface area contributed by atoms with Crippen molar-refractivity contribution in [1.29, 1.82) is 0 Å². The van der Waals surface area contributed by atoms with Gasteiger partial charge in [-0.25, -0.2) is 0 Å². The molecule has 1 aromatic rings. The second-order valence-electron chi connectivity index (χ2n) is 5.99. The van der Waals surface area contributed by atoms with Crippen LogP contribution in [0.2, 0.25) is 0 Å². The molecule has 118 valence electrons. The number of para-hydroxylation sites is 1. The van der Waals surface area contributed by atoms with Crippen LogP contribution in [0.25, 0.3) is 0 Å². The summed E-state index contributed by atoms with van der Waals surface area (Å²) in [6.45, 7) is 5.85. The van der Waals surface area contributed by atoms with E-state index in [-0.39, 0.29) is 6.10 Å². The molecule has 1 fully saturated rings. The summed E-state index contributed by atoms with van der Waals surface area (Å²) in [7, 11) is 1.71. The Bertz CT molecular complexity index is 419. The van der Waals surface area contributed by atoms with Gasteiger partial charge < -0.3 is 20.1 Å². The Morgan fingerprint density at radius 2 is 2.00 bits per heavy atom. The van der Waals surface area contributed by atoms with Crippen LogP contribution in [0.3, 0.4) is 0 Å².